The van der Waals surface area contributed by atoms with Crippen LogP contribution in [0.1, 0.15) is 38.5 Å². The maximum Gasteiger partial charge on any atom is 0.244 e. The van der Waals surface area contributed by atoms with Gasteiger partial charge in [-0.05, 0) is 12.8 Å². The lowest BCUT2D eigenvalue weighted by molar-refractivity contribution is -0.148. The van der Waals surface area contributed by atoms with Gasteiger partial charge in [-0.15, -0.1) is 0 Å². The molecule has 0 aromatic rings. The van der Waals surface area contributed by atoms with Crippen LogP contribution < -0.4 is 11.1 Å². The molecule has 3 aliphatic rings. The van der Waals surface area contributed by atoms with E-state index in [1.54, 1.807) is 0 Å². The van der Waals surface area contributed by atoms with Gasteiger partial charge in [-0.3, -0.25) is 30.0 Å². The van der Waals surface area contributed by atoms with Crippen molar-refractivity contribution < 1.29 is 14.4 Å². The van der Waals surface area contributed by atoms with Gasteiger partial charge in [0.05, 0.1) is 6.42 Å². The van der Waals surface area contributed by atoms with E-state index in [1.165, 1.54) is 11.1 Å². The summed E-state index contributed by atoms with van der Waals surface area (Å²) in [5.41, 5.74) is 4.62. The Balaban J connectivity index is 2.03. The summed E-state index contributed by atoms with van der Waals surface area (Å²) in [6, 6.07) is -0.0689. The number of nitrogens with two attached hydrogens (primary N) is 1. The molecule has 1 spiro atoms. The third-order valence-corrected chi connectivity index (χ3v) is 4.71. The molecular weight excluding hydrogens is 272 g/mol. The summed E-state index contributed by atoms with van der Waals surface area (Å²) in [5.74, 6) is -1.35. The molecule has 4 N–H and O–H groups in total. The minimum Gasteiger partial charge on any atom is -0.404 e. The smallest absolute Gasteiger partial charge is 0.244 e. The number of hydrogen-bond acceptors (Lipinski definition) is 5. The lowest BCUT2D eigenvalue weighted by atomic mass is 9.74. The highest BCUT2D eigenvalue weighted by atomic mass is 16.2. The fraction of sp³-hybridized carbons (Fsp3) is 0.571. The van der Waals surface area contributed by atoms with Gasteiger partial charge in [0.1, 0.15) is 11.3 Å². The van der Waals surface area contributed by atoms with Crippen molar-refractivity contribution >= 4 is 23.6 Å². The van der Waals surface area contributed by atoms with Gasteiger partial charge < -0.3 is 5.73 Å². The minimum absolute atomic E-state index is 0.0297. The van der Waals surface area contributed by atoms with Crippen LogP contribution in [0.2, 0.25) is 0 Å². The number of likely N-dealkylation sites (tertiary alicyclic amines) is 1. The first-order chi connectivity index (χ1) is 9.99. The molecule has 7 nitrogen and oxygen atoms in total. The number of nitrogens with one attached hydrogen (secondary N) is 2. The maximum absolute atomic E-state index is 12.9. The van der Waals surface area contributed by atoms with E-state index in [9.17, 15) is 14.4 Å². The normalized spacial score (nSPS) is 32.6. The Hall–Kier alpha value is -2.18. The van der Waals surface area contributed by atoms with Crippen LogP contribution in [0.3, 0.4) is 0 Å². The number of imide groups is 1. The van der Waals surface area contributed by atoms with E-state index in [0.29, 0.717) is 5.57 Å². The van der Waals surface area contributed by atoms with Gasteiger partial charge in [0.25, 0.3) is 0 Å². The number of carbonyl (C=O) groups excluding carboxylic acids is 3. The Kier molecular flexibility index (Phi) is 3.07. The first kappa shape index (κ1) is 13.8. The van der Waals surface area contributed by atoms with Gasteiger partial charge in [0.15, 0.2) is 0 Å². The van der Waals surface area contributed by atoms with Crippen molar-refractivity contribution in [2.45, 2.75) is 44.6 Å². The van der Waals surface area contributed by atoms with Gasteiger partial charge >= 0.3 is 0 Å². The molecule has 7 heteroatoms. The Morgan fingerprint density at radius 2 is 1.90 bits per heavy atom. The average molecular weight is 290 g/mol. The monoisotopic (exact) mass is 290 g/mol. The van der Waals surface area contributed by atoms with Crippen molar-refractivity contribution in [2.75, 3.05) is 0 Å². The van der Waals surface area contributed by atoms with Crippen molar-refractivity contribution in [3.8, 4) is 0 Å². The highest BCUT2D eigenvalue weighted by molar-refractivity contribution is 6.24. The third kappa shape index (κ3) is 1.87. The van der Waals surface area contributed by atoms with E-state index < -0.39 is 23.1 Å². The van der Waals surface area contributed by atoms with Crippen molar-refractivity contribution in [2.24, 2.45) is 11.1 Å². The Morgan fingerprint density at radius 1 is 1.24 bits per heavy atom. The molecule has 1 unspecified atom stereocenters. The first-order valence-electron chi connectivity index (χ1n) is 7.17. The number of nitrogens with zero attached hydrogens (tertiary/aromatic N) is 1. The quantitative estimate of drug-likeness (QED) is 0.466. The van der Waals surface area contributed by atoms with Crippen molar-refractivity contribution in [1.29, 1.82) is 5.41 Å². The Morgan fingerprint density at radius 3 is 2.43 bits per heavy atom. The standard InChI is InChI=1S/C14H18N4O3/c15-7-8-5-14(6-10(19)17-12(14)20)13(21)18(11(8)16)9-3-1-2-4-9/h7,9,16H,1-6,15H2,(H,17,19,20)/b8-7-,16-11?. The summed E-state index contributed by atoms with van der Waals surface area (Å²) in [6.45, 7) is 0. The van der Waals surface area contributed by atoms with Crippen LogP contribution in [0, 0.1) is 10.8 Å². The van der Waals surface area contributed by atoms with E-state index in [-0.39, 0.29) is 24.7 Å². The van der Waals surface area contributed by atoms with Gasteiger partial charge in [-0.1, -0.05) is 12.8 Å². The fourth-order valence-electron chi connectivity index (χ4n) is 3.58. The summed E-state index contributed by atoms with van der Waals surface area (Å²) in [5, 5.41) is 10.4. The molecular formula is C14H18N4O3. The van der Waals surface area contributed by atoms with Crippen LogP contribution in [0.15, 0.2) is 11.8 Å². The number of amides is 3. The molecule has 3 amide bonds. The van der Waals surface area contributed by atoms with Gasteiger partial charge in [0, 0.05) is 24.2 Å². The highest BCUT2D eigenvalue weighted by Crippen LogP contribution is 2.43. The summed E-state index contributed by atoms with van der Waals surface area (Å²) in [7, 11) is 0. The van der Waals surface area contributed by atoms with E-state index in [0.717, 1.165) is 25.7 Å². The van der Waals surface area contributed by atoms with E-state index in [4.69, 9.17) is 11.1 Å². The number of hydrogen-bond donors (Lipinski definition) is 3. The maximum atomic E-state index is 12.9. The average Bonchev–Trinajstić information content (AvgIpc) is 3.04. The molecule has 2 heterocycles. The molecule has 3 rings (SSSR count). The highest BCUT2D eigenvalue weighted by Gasteiger charge is 2.59. The molecule has 112 valence electrons. The van der Waals surface area contributed by atoms with Crippen LogP contribution >= 0.6 is 0 Å². The molecule has 0 bridgehead atoms. The first-order valence-corrected chi connectivity index (χ1v) is 7.17. The molecule has 1 aliphatic carbocycles. The fourth-order valence-corrected chi connectivity index (χ4v) is 3.58. The topological polar surface area (TPSA) is 116 Å². The van der Waals surface area contributed by atoms with Gasteiger partial charge in [0.2, 0.25) is 17.7 Å². The van der Waals surface area contributed by atoms with Crippen LogP contribution in [0.25, 0.3) is 0 Å². The molecule has 1 atom stereocenters. The van der Waals surface area contributed by atoms with Crippen molar-refractivity contribution in [3.63, 3.8) is 0 Å². The van der Waals surface area contributed by atoms with Crippen LogP contribution in [0.5, 0.6) is 0 Å². The molecule has 0 aromatic heterocycles. The lowest BCUT2D eigenvalue weighted by Crippen LogP contribution is -2.58. The second-order valence-electron chi connectivity index (χ2n) is 5.97. The molecule has 2 aliphatic heterocycles. The zero-order valence-corrected chi connectivity index (χ0v) is 11.6. The Labute approximate surface area is 122 Å². The van der Waals surface area contributed by atoms with E-state index in [1.807, 2.05) is 0 Å². The zero-order valence-electron chi connectivity index (χ0n) is 11.6. The molecule has 1 saturated carbocycles. The second kappa shape index (κ2) is 4.68. The van der Waals surface area contributed by atoms with Gasteiger partial charge in [-0.25, -0.2) is 0 Å². The number of rotatable bonds is 1. The third-order valence-electron chi connectivity index (χ3n) is 4.71. The predicted molar refractivity (Wildman–Crippen MR) is 73.9 cm³/mol. The number of carbonyl (C=O) groups is 3. The summed E-state index contributed by atoms with van der Waals surface area (Å²) in [4.78, 5) is 38.0. The predicted octanol–water partition coefficient (Wildman–Crippen LogP) is 0.0141. The van der Waals surface area contributed by atoms with Crippen LogP contribution in [0.4, 0.5) is 0 Å². The summed E-state index contributed by atoms with van der Waals surface area (Å²) >= 11 is 0. The van der Waals surface area contributed by atoms with E-state index >= 15 is 0 Å². The van der Waals surface area contributed by atoms with Crippen LogP contribution in [-0.2, 0) is 14.4 Å². The lowest BCUT2D eigenvalue weighted by Gasteiger charge is -2.41. The van der Waals surface area contributed by atoms with Gasteiger partial charge in [-0.2, -0.15) is 0 Å². The molecule has 0 radical (unpaired) electrons. The summed E-state index contributed by atoms with van der Waals surface area (Å²) in [6.07, 6.45) is 4.79. The molecule has 3 fully saturated rings. The zero-order chi connectivity index (χ0) is 15.2. The van der Waals surface area contributed by atoms with Crippen molar-refractivity contribution in [3.05, 3.63) is 11.8 Å². The van der Waals surface area contributed by atoms with E-state index in [2.05, 4.69) is 5.32 Å². The number of piperidine rings is 1. The molecule has 21 heavy (non-hydrogen) atoms. The largest absolute Gasteiger partial charge is 0.404 e. The Bertz CT molecular complexity index is 577. The number of amidine groups is 1. The van der Waals surface area contributed by atoms with Crippen molar-refractivity contribution in [1.82, 2.24) is 10.2 Å². The second-order valence-corrected chi connectivity index (χ2v) is 5.97. The SMILES string of the molecule is N=C1/C(=C\N)CC2(CC(=O)NC2=O)C(=O)N1C1CCCC1. The van der Waals surface area contributed by atoms with Crippen LogP contribution in [-0.4, -0.2) is 34.5 Å². The minimum atomic E-state index is -1.41. The molecule has 0 aromatic carbocycles. The summed E-state index contributed by atoms with van der Waals surface area (Å²) < 4.78 is 0. The molecule has 2 saturated heterocycles.